The fourth-order valence-corrected chi connectivity index (χ4v) is 3.18. The Labute approximate surface area is 118 Å². The maximum atomic E-state index is 3.67. The van der Waals surface area contributed by atoms with Gasteiger partial charge in [0.05, 0.1) is 0 Å². The maximum absolute atomic E-state index is 3.67. The molecule has 2 aliphatic heterocycles. The van der Waals surface area contributed by atoms with E-state index < -0.39 is 0 Å². The number of hydrogen-bond acceptors (Lipinski definition) is 3. The Morgan fingerprint density at radius 1 is 1.11 bits per heavy atom. The predicted molar refractivity (Wildman–Crippen MR) is 80.6 cm³/mol. The average Bonchev–Trinajstić information content (AvgIpc) is 2.32. The summed E-state index contributed by atoms with van der Waals surface area (Å²) in [7, 11) is 0. The number of nitrogens with zero attached hydrogens (tertiary/aromatic N) is 1. The van der Waals surface area contributed by atoms with Crippen LogP contribution in [-0.4, -0.2) is 49.7 Å². The number of nitrogens with one attached hydrogen (secondary N) is 2. The molecule has 2 N–H and O–H groups in total. The van der Waals surface area contributed by atoms with Crippen molar-refractivity contribution in [3.05, 3.63) is 0 Å². The molecule has 0 unspecified atom stereocenters. The van der Waals surface area contributed by atoms with Gasteiger partial charge in [-0.05, 0) is 57.8 Å². The first kappa shape index (κ1) is 16.2. The van der Waals surface area contributed by atoms with E-state index in [1.54, 1.807) is 0 Å². The second-order valence-corrected chi connectivity index (χ2v) is 6.09. The average molecular weight is 276 g/mol. The van der Waals surface area contributed by atoms with Gasteiger partial charge >= 0.3 is 0 Å². The zero-order valence-corrected chi connectivity index (χ0v) is 12.8. The summed E-state index contributed by atoms with van der Waals surface area (Å²) in [5.41, 5.74) is 0. The number of hydrogen-bond donors (Lipinski definition) is 2. The molecule has 0 saturated carbocycles. The second kappa shape index (κ2) is 8.36. The molecule has 2 aliphatic rings. The first-order chi connectivity index (χ1) is 8.24. The monoisotopic (exact) mass is 275 g/mol. The van der Waals surface area contributed by atoms with Crippen molar-refractivity contribution < 1.29 is 0 Å². The Morgan fingerprint density at radius 3 is 2.28 bits per heavy atom. The summed E-state index contributed by atoms with van der Waals surface area (Å²) < 4.78 is 0. The lowest BCUT2D eigenvalue weighted by molar-refractivity contribution is 0.156. The van der Waals surface area contributed by atoms with Gasteiger partial charge in [0, 0.05) is 18.6 Å². The SMILES string of the molecule is CC(C)NC1CCN(CC2CCNCC2)CC1.Cl. The fraction of sp³-hybridized carbons (Fsp3) is 1.00. The molecule has 2 saturated heterocycles. The van der Waals surface area contributed by atoms with Crippen LogP contribution in [0.3, 0.4) is 0 Å². The highest BCUT2D eigenvalue weighted by molar-refractivity contribution is 5.85. The van der Waals surface area contributed by atoms with Gasteiger partial charge in [0.1, 0.15) is 0 Å². The molecule has 0 aromatic carbocycles. The van der Waals surface area contributed by atoms with Crippen molar-refractivity contribution in [3.63, 3.8) is 0 Å². The molecule has 108 valence electrons. The first-order valence-electron chi connectivity index (χ1n) is 7.43. The van der Waals surface area contributed by atoms with Gasteiger partial charge < -0.3 is 15.5 Å². The van der Waals surface area contributed by atoms with E-state index >= 15 is 0 Å². The molecule has 0 radical (unpaired) electrons. The van der Waals surface area contributed by atoms with Crippen LogP contribution in [-0.2, 0) is 0 Å². The standard InChI is InChI=1S/C14H29N3.ClH/c1-12(2)16-14-5-9-17(10-6-14)11-13-3-7-15-8-4-13;/h12-16H,3-11H2,1-2H3;1H. The number of halogens is 1. The van der Waals surface area contributed by atoms with Crippen LogP contribution in [0.5, 0.6) is 0 Å². The molecule has 2 rings (SSSR count). The summed E-state index contributed by atoms with van der Waals surface area (Å²) in [5.74, 6) is 0.950. The van der Waals surface area contributed by atoms with Crippen LogP contribution in [0.25, 0.3) is 0 Å². The highest BCUT2D eigenvalue weighted by Gasteiger charge is 2.22. The summed E-state index contributed by atoms with van der Waals surface area (Å²) in [5, 5.41) is 7.12. The quantitative estimate of drug-likeness (QED) is 0.820. The Balaban J connectivity index is 0.00000162. The van der Waals surface area contributed by atoms with E-state index in [1.807, 2.05) is 0 Å². The van der Waals surface area contributed by atoms with Crippen molar-refractivity contribution in [2.75, 3.05) is 32.7 Å². The normalized spacial score (nSPS) is 24.2. The lowest BCUT2D eigenvalue weighted by Gasteiger charge is -2.36. The summed E-state index contributed by atoms with van der Waals surface area (Å²) in [6.07, 6.45) is 5.43. The summed E-state index contributed by atoms with van der Waals surface area (Å²) in [4.78, 5) is 2.69. The molecule has 0 bridgehead atoms. The summed E-state index contributed by atoms with van der Waals surface area (Å²) >= 11 is 0. The van der Waals surface area contributed by atoms with Gasteiger partial charge in [0.15, 0.2) is 0 Å². The molecule has 0 aliphatic carbocycles. The van der Waals surface area contributed by atoms with E-state index in [9.17, 15) is 0 Å². The van der Waals surface area contributed by atoms with Gasteiger partial charge in [-0.2, -0.15) is 0 Å². The van der Waals surface area contributed by atoms with Gasteiger partial charge in [0.25, 0.3) is 0 Å². The molecule has 0 spiro atoms. The van der Waals surface area contributed by atoms with Crippen LogP contribution in [0, 0.1) is 5.92 Å². The Kier molecular flexibility index (Phi) is 7.54. The predicted octanol–water partition coefficient (Wildman–Crippen LogP) is 1.87. The lowest BCUT2D eigenvalue weighted by Crippen LogP contribution is -2.46. The lowest BCUT2D eigenvalue weighted by atomic mass is 9.95. The van der Waals surface area contributed by atoms with Crippen molar-refractivity contribution in [1.29, 1.82) is 0 Å². The molecule has 0 atom stereocenters. The summed E-state index contributed by atoms with van der Waals surface area (Å²) in [6.45, 7) is 10.9. The van der Waals surface area contributed by atoms with Crippen molar-refractivity contribution in [2.24, 2.45) is 5.92 Å². The molecule has 2 fully saturated rings. The van der Waals surface area contributed by atoms with Crippen LogP contribution >= 0.6 is 12.4 Å². The van der Waals surface area contributed by atoms with Gasteiger partial charge in [-0.15, -0.1) is 12.4 Å². The van der Waals surface area contributed by atoms with E-state index in [0.29, 0.717) is 6.04 Å². The number of likely N-dealkylation sites (tertiary alicyclic amines) is 1. The Hall–Kier alpha value is 0.170. The van der Waals surface area contributed by atoms with E-state index in [-0.39, 0.29) is 12.4 Å². The molecule has 0 aromatic rings. The van der Waals surface area contributed by atoms with Gasteiger partial charge in [-0.1, -0.05) is 13.8 Å². The largest absolute Gasteiger partial charge is 0.317 e. The van der Waals surface area contributed by atoms with Crippen molar-refractivity contribution in [2.45, 2.75) is 51.6 Å². The van der Waals surface area contributed by atoms with Crippen LogP contribution in [0.15, 0.2) is 0 Å². The fourth-order valence-electron chi connectivity index (χ4n) is 3.18. The van der Waals surface area contributed by atoms with E-state index in [4.69, 9.17) is 0 Å². The molecule has 0 aromatic heterocycles. The van der Waals surface area contributed by atoms with Crippen LogP contribution in [0.2, 0.25) is 0 Å². The summed E-state index contributed by atoms with van der Waals surface area (Å²) in [6, 6.07) is 1.40. The van der Waals surface area contributed by atoms with Crippen LogP contribution < -0.4 is 10.6 Å². The molecule has 0 amide bonds. The maximum Gasteiger partial charge on any atom is 0.00937 e. The molecular formula is C14H30ClN3. The highest BCUT2D eigenvalue weighted by atomic mass is 35.5. The molecular weight excluding hydrogens is 246 g/mol. The van der Waals surface area contributed by atoms with Crippen LogP contribution in [0.1, 0.15) is 39.5 Å². The minimum atomic E-state index is 0. The van der Waals surface area contributed by atoms with Crippen molar-refractivity contribution in [3.8, 4) is 0 Å². The minimum absolute atomic E-state index is 0. The van der Waals surface area contributed by atoms with Crippen molar-refractivity contribution in [1.82, 2.24) is 15.5 Å². The Morgan fingerprint density at radius 2 is 1.72 bits per heavy atom. The molecule has 3 nitrogen and oxygen atoms in total. The zero-order chi connectivity index (χ0) is 12.1. The Bertz CT molecular complexity index is 209. The molecule has 2 heterocycles. The third kappa shape index (κ3) is 5.43. The molecule has 18 heavy (non-hydrogen) atoms. The number of piperidine rings is 2. The van der Waals surface area contributed by atoms with E-state index in [0.717, 1.165) is 12.0 Å². The van der Waals surface area contributed by atoms with Crippen LogP contribution in [0.4, 0.5) is 0 Å². The van der Waals surface area contributed by atoms with Gasteiger partial charge in [-0.3, -0.25) is 0 Å². The number of rotatable bonds is 4. The first-order valence-corrected chi connectivity index (χ1v) is 7.43. The van der Waals surface area contributed by atoms with Gasteiger partial charge in [-0.25, -0.2) is 0 Å². The topological polar surface area (TPSA) is 27.3 Å². The molecule has 4 heteroatoms. The van der Waals surface area contributed by atoms with Gasteiger partial charge in [0.2, 0.25) is 0 Å². The third-order valence-corrected chi connectivity index (χ3v) is 4.13. The smallest absolute Gasteiger partial charge is 0.00937 e. The second-order valence-electron chi connectivity index (χ2n) is 6.09. The zero-order valence-electron chi connectivity index (χ0n) is 12.0. The minimum Gasteiger partial charge on any atom is -0.317 e. The highest BCUT2D eigenvalue weighted by Crippen LogP contribution is 2.17. The third-order valence-electron chi connectivity index (χ3n) is 4.13. The van der Waals surface area contributed by atoms with Crippen molar-refractivity contribution >= 4 is 12.4 Å². The van der Waals surface area contributed by atoms with E-state index in [1.165, 1.54) is 58.4 Å². The van der Waals surface area contributed by atoms with E-state index in [2.05, 4.69) is 29.4 Å².